The van der Waals surface area contributed by atoms with Gasteiger partial charge in [-0.25, -0.2) is 0 Å². The van der Waals surface area contributed by atoms with Crippen LogP contribution >= 0.6 is 0 Å². The van der Waals surface area contributed by atoms with Gasteiger partial charge < -0.3 is 14.4 Å². The SMILES string of the molecule is COC(c1ccc(N(C[C@@H](C)C=O)C(=O)c2c(C)nn(C)c2C)cc1CC(C)C)(C(F)(F)F)C(F)(F)F. The second-order valence-corrected chi connectivity index (χ2v) is 9.52. The Labute approximate surface area is 211 Å². The third-order valence-corrected chi connectivity index (χ3v) is 6.18. The largest absolute Gasteiger partial charge is 0.430 e. The molecule has 0 radical (unpaired) electrons. The first-order chi connectivity index (χ1) is 16.9. The lowest BCUT2D eigenvalue weighted by Gasteiger charge is -2.38. The van der Waals surface area contributed by atoms with Crippen molar-refractivity contribution in [2.75, 3.05) is 18.6 Å². The molecule has 206 valence electrons. The third-order valence-electron chi connectivity index (χ3n) is 6.18. The molecule has 1 atom stereocenters. The number of benzene rings is 1. The summed E-state index contributed by atoms with van der Waals surface area (Å²) in [5, 5.41) is 4.21. The number of alkyl halides is 6. The Morgan fingerprint density at radius 2 is 1.68 bits per heavy atom. The molecule has 0 spiro atoms. The van der Waals surface area contributed by atoms with Crippen LogP contribution in [0.25, 0.3) is 0 Å². The van der Waals surface area contributed by atoms with Crippen molar-refractivity contribution in [3.8, 4) is 0 Å². The van der Waals surface area contributed by atoms with E-state index in [9.17, 15) is 35.9 Å². The minimum absolute atomic E-state index is 0.0510. The quantitative estimate of drug-likeness (QED) is 0.306. The van der Waals surface area contributed by atoms with Gasteiger partial charge in [0, 0.05) is 43.6 Å². The number of ether oxygens (including phenoxy) is 1. The fourth-order valence-corrected chi connectivity index (χ4v) is 4.36. The number of carbonyl (C=O) groups is 2. The van der Waals surface area contributed by atoms with Gasteiger partial charge in [-0.2, -0.15) is 31.4 Å². The number of hydrogen-bond donors (Lipinski definition) is 0. The maximum Gasteiger partial charge on any atom is 0.430 e. The van der Waals surface area contributed by atoms with Gasteiger partial charge in [0.2, 0.25) is 0 Å². The molecule has 0 unspecified atom stereocenters. The summed E-state index contributed by atoms with van der Waals surface area (Å²) in [5.41, 5.74) is -4.76. The summed E-state index contributed by atoms with van der Waals surface area (Å²) in [7, 11) is 2.00. The van der Waals surface area contributed by atoms with Crippen LogP contribution in [0.3, 0.4) is 0 Å². The summed E-state index contributed by atoms with van der Waals surface area (Å²) in [6.45, 7) is 7.95. The zero-order valence-electron chi connectivity index (χ0n) is 21.7. The van der Waals surface area contributed by atoms with Gasteiger partial charge in [-0.15, -0.1) is 0 Å². The van der Waals surface area contributed by atoms with Crippen LogP contribution in [0.15, 0.2) is 18.2 Å². The van der Waals surface area contributed by atoms with E-state index in [-0.39, 0.29) is 35.7 Å². The van der Waals surface area contributed by atoms with Crippen molar-refractivity contribution >= 4 is 17.9 Å². The highest BCUT2D eigenvalue weighted by Gasteiger charge is 2.73. The number of rotatable bonds is 9. The number of methoxy groups -OCH3 is 1. The minimum Gasteiger partial charge on any atom is -0.357 e. The normalized spacial score (nSPS) is 13.7. The van der Waals surface area contributed by atoms with Gasteiger partial charge in [-0.05, 0) is 43.9 Å². The molecule has 6 nitrogen and oxygen atoms in total. The molecule has 0 N–H and O–H groups in total. The molecule has 1 amide bonds. The van der Waals surface area contributed by atoms with Crippen LogP contribution in [0.1, 0.15) is 53.6 Å². The summed E-state index contributed by atoms with van der Waals surface area (Å²) in [6.07, 6.45) is -11.2. The summed E-state index contributed by atoms with van der Waals surface area (Å²) in [4.78, 5) is 26.2. The van der Waals surface area contributed by atoms with Crippen LogP contribution in [0.4, 0.5) is 32.0 Å². The monoisotopic (exact) mass is 535 g/mol. The van der Waals surface area contributed by atoms with Crippen LogP contribution in [0, 0.1) is 25.7 Å². The molecule has 0 fully saturated rings. The van der Waals surface area contributed by atoms with Crippen molar-refractivity contribution in [3.05, 3.63) is 46.3 Å². The molecule has 2 rings (SSSR count). The van der Waals surface area contributed by atoms with E-state index in [1.165, 1.54) is 9.58 Å². The van der Waals surface area contributed by atoms with Gasteiger partial charge in [-0.1, -0.05) is 26.8 Å². The van der Waals surface area contributed by atoms with E-state index in [1.54, 1.807) is 41.7 Å². The lowest BCUT2D eigenvalue weighted by Crippen LogP contribution is -2.56. The summed E-state index contributed by atoms with van der Waals surface area (Å²) >= 11 is 0. The topological polar surface area (TPSA) is 64.4 Å². The number of amides is 1. The first-order valence-electron chi connectivity index (χ1n) is 11.5. The highest BCUT2D eigenvalue weighted by molar-refractivity contribution is 6.07. The number of hydrogen-bond acceptors (Lipinski definition) is 4. The van der Waals surface area contributed by atoms with Gasteiger partial charge >= 0.3 is 12.4 Å². The van der Waals surface area contributed by atoms with Crippen molar-refractivity contribution in [2.45, 2.75) is 59.0 Å². The molecule has 1 aromatic carbocycles. The fraction of sp³-hybridized carbons (Fsp3) is 0.560. The molecule has 1 aromatic heterocycles. The minimum atomic E-state index is -5.82. The van der Waals surface area contributed by atoms with E-state index in [4.69, 9.17) is 0 Å². The van der Waals surface area contributed by atoms with Crippen molar-refractivity contribution < 1.29 is 40.7 Å². The Morgan fingerprint density at radius 3 is 2.08 bits per heavy atom. The zero-order chi connectivity index (χ0) is 28.5. The lowest BCUT2D eigenvalue weighted by molar-refractivity contribution is -0.383. The fourth-order valence-electron chi connectivity index (χ4n) is 4.36. The molecule has 1 heterocycles. The molecule has 0 saturated carbocycles. The number of carbonyl (C=O) groups excluding carboxylic acids is 2. The molecular formula is C25H31F6N3O3. The Bertz CT molecular complexity index is 1120. The number of aldehydes is 1. The Hall–Kier alpha value is -2.89. The van der Waals surface area contributed by atoms with Gasteiger partial charge in [0.1, 0.15) is 6.29 Å². The van der Waals surface area contributed by atoms with Gasteiger partial charge in [0.05, 0.1) is 11.3 Å². The van der Waals surface area contributed by atoms with E-state index in [2.05, 4.69) is 9.84 Å². The molecule has 0 bridgehead atoms. The molecule has 2 aromatic rings. The van der Waals surface area contributed by atoms with Crippen molar-refractivity contribution in [2.24, 2.45) is 18.9 Å². The maximum absolute atomic E-state index is 14.0. The summed E-state index contributed by atoms with van der Waals surface area (Å²) in [5.74, 6) is -1.58. The van der Waals surface area contributed by atoms with Crippen LogP contribution in [-0.4, -0.2) is 48.0 Å². The first kappa shape index (κ1) is 30.3. The first-order valence-corrected chi connectivity index (χ1v) is 11.5. The summed E-state index contributed by atoms with van der Waals surface area (Å²) in [6, 6.07) is 2.85. The van der Waals surface area contributed by atoms with Crippen LogP contribution in [0.2, 0.25) is 0 Å². The van der Waals surface area contributed by atoms with Crippen LogP contribution in [0.5, 0.6) is 0 Å². The van der Waals surface area contributed by atoms with E-state index >= 15 is 0 Å². The van der Waals surface area contributed by atoms with Gasteiger partial charge in [-0.3, -0.25) is 9.48 Å². The van der Waals surface area contributed by atoms with Crippen molar-refractivity contribution in [3.63, 3.8) is 0 Å². The predicted octanol–water partition coefficient (Wildman–Crippen LogP) is 5.68. The molecule has 12 heteroatoms. The molecule has 0 saturated heterocycles. The third kappa shape index (κ3) is 5.68. The average molecular weight is 536 g/mol. The maximum atomic E-state index is 14.0. The number of nitrogens with zero attached hydrogens (tertiary/aromatic N) is 3. The molecule has 37 heavy (non-hydrogen) atoms. The Balaban J connectivity index is 2.84. The van der Waals surface area contributed by atoms with E-state index in [0.29, 0.717) is 30.9 Å². The number of anilines is 1. The molecule has 0 aliphatic rings. The molecular weight excluding hydrogens is 504 g/mol. The van der Waals surface area contributed by atoms with Crippen molar-refractivity contribution in [1.29, 1.82) is 0 Å². The zero-order valence-corrected chi connectivity index (χ0v) is 21.7. The second kappa shape index (κ2) is 10.8. The molecule has 0 aliphatic carbocycles. The Morgan fingerprint density at radius 1 is 1.11 bits per heavy atom. The summed E-state index contributed by atoms with van der Waals surface area (Å²) < 4.78 is 89.9. The highest BCUT2D eigenvalue weighted by Crippen LogP contribution is 2.54. The van der Waals surface area contributed by atoms with Crippen LogP contribution < -0.4 is 4.90 Å². The highest BCUT2D eigenvalue weighted by atomic mass is 19.4. The lowest BCUT2D eigenvalue weighted by atomic mass is 9.84. The number of halogens is 6. The second-order valence-electron chi connectivity index (χ2n) is 9.52. The predicted molar refractivity (Wildman–Crippen MR) is 125 cm³/mol. The average Bonchev–Trinajstić information content (AvgIpc) is 3.01. The van der Waals surface area contributed by atoms with E-state index < -0.39 is 35.3 Å². The Kier molecular flexibility index (Phi) is 8.89. The number of aryl methyl sites for hydroxylation is 2. The van der Waals surface area contributed by atoms with E-state index in [1.807, 2.05) is 0 Å². The van der Waals surface area contributed by atoms with Gasteiger partial charge in [0.25, 0.3) is 11.5 Å². The molecule has 0 aliphatic heterocycles. The van der Waals surface area contributed by atoms with E-state index in [0.717, 1.165) is 12.1 Å². The standard InChI is InChI=1S/C25H31F6N3O3/c1-14(2)10-18-11-19(8-9-20(18)23(37-7,24(26,27)28)25(29,30)31)34(12-15(3)13-35)22(36)21-16(4)32-33(6)17(21)5/h8-9,11,13-15H,10,12H2,1-7H3/t15-/m1/s1. The van der Waals surface area contributed by atoms with Crippen LogP contribution in [-0.2, 0) is 28.6 Å². The van der Waals surface area contributed by atoms with Crippen molar-refractivity contribution in [1.82, 2.24) is 9.78 Å². The van der Waals surface area contributed by atoms with Gasteiger partial charge in [0.15, 0.2) is 0 Å². The number of aromatic nitrogens is 2. The smallest absolute Gasteiger partial charge is 0.357 e.